The van der Waals surface area contributed by atoms with Crippen LogP contribution in [0.3, 0.4) is 0 Å². The first-order valence-electron chi connectivity index (χ1n) is 7.55. The maximum Gasteiger partial charge on any atom is 0.135 e. The van der Waals surface area contributed by atoms with Crippen LogP contribution in [-0.4, -0.2) is 51.0 Å². The van der Waals surface area contributed by atoms with Gasteiger partial charge < -0.3 is 9.13 Å². The van der Waals surface area contributed by atoms with Crippen molar-refractivity contribution in [2.45, 2.75) is 53.9 Å². The highest BCUT2D eigenvalue weighted by Crippen LogP contribution is 2.27. The van der Waals surface area contributed by atoms with Crippen LogP contribution in [0.5, 0.6) is 0 Å². The van der Waals surface area contributed by atoms with E-state index in [2.05, 4.69) is 63.0 Å². The molecule has 0 saturated carbocycles. The fourth-order valence-electron chi connectivity index (χ4n) is 3.07. The van der Waals surface area contributed by atoms with Crippen LogP contribution >= 0.6 is 0 Å². The molecule has 0 bridgehead atoms. The van der Waals surface area contributed by atoms with Gasteiger partial charge in [-0.05, 0) is 37.3 Å². The molecule has 0 aromatic rings. The van der Waals surface area contributed by atoms with Gasteiger partial charge in [0.15, 0.2) is 0 Å². The van der Waals surface area contributed by atoms with Crippen LogP contribution in [0.1, 0.15) is 27.7 Å². The Morgan fingerprint density at radius 3 is 1.22 bits per heavy atom. The summed E-state index contributed by atoms with van der Waals surface area (Å²) in [6, 6.07) is 0. The molecule has 1 aliphatic heterocycles. The minimum absolute atomic E-state index is 0.804. The van der Waals surface area contributed by atoms with Crippen molar-refractivity contribution in [3.8, 4) is 0 Å². The number of rotatable bonds is 4. The summed E-state index contributed by atoms with van der Waals surface area (Å²) in [6.45, 7) is 22.3. The molecule has 0 unspecified atom stereocenters. The Labute approximate surface area is 117 Å². The molecule has 0 spiro atoms. The molecular weight excluding hydrogens is 252 g/mol. The maximum absolute atomic E-state index is 2.89. The Morgan fingerprint density at radius 1 is 0.722 bits per heavy atom. The average Bonchev–Trinajstić information content (AvgIpc) is 2.11. The van der Waals surface area contributed by atoms with E-state index in [9.17, 15) is 0 Å². The Kier molecular flexibility index (Phi) is 5.26. The van der Waals surface area contributed by atoms with Gasteiger partial charge in [-0.2, -0.15) is 0 Å². The Hall–Kier alpha value is 0.354. The van der Waals surface area contributed by atoms with Gasteiger partial charge in [0.1, 0.15) is 16.5 Å². The summed E-state index contributed by atoms with van der Waals surface area (Å²) in [4.78, 5) is 0. The predicted molar refractivity (Wildman–Crippen MR) is 87.8 cm³/mol. The summed E-state index contributed by atoms with van der Waals surface area (Å²) in [7, 11) is -2.41. The van der Waals surface area contributed by atoms with Crippen LogP contribution in [0.2, 0.25) is 26.2 Å². The van der Waals surface area contributed by atoms with Crippen molar-refractivity contribution in [1.82, 2.24) is 9.13 Å². The van der Waals surface area contributed by atoms with Gasteiger partial charge in [0, 0.05) is 0 Å². The van der Waals surface area contributed by atoms with E-state index in [-0.39, 0.29) is 0 Å². The molecular formula is C14H34N2Si2. The van der Waals surface area contributed by atoms with Crippen molar-refractivity contribution in [1.29, 1.82) is 0 Å². The molecule has 1 saturated heterocycles. The van der Waals surface area contributed by atoms with E-state index in [0.29, 0.717) is 0 Å². The molecule has 0 aromatic heterocycles. The molecule has 4 heteroatoms. The Bertz CT molecular complexity index is 247. The van der Waals surface area contributed by atoms with Crippen LogP contribution in [0.4, 0.5) is 0 Å². The van der Waals surface area contributed by atoms with Gasteiger partial charge in [-0.1, -0.05) is 53.9 Å². The highest BCUT2D eigenvalue weighted by atomic mass is 28.4. The molecule has 0 aromatic carbocycles. The van der Waals surface area contributed by atoms with Gasteiger partial charge >= 0.3 is 0 Å². The smallest absolute Gasteiger partial charge is 0.135 e. The molecule has 1 heterocycles. The second-order valence-corrected chi connectivity index (χ2v) is 17.3. The van der Waals surface area contributed by atoms with Crippen LogP contribution in [0.25, 0.3) is 0 Å². The second-order valence-electron chi connectivity index (χ2n) is 8.17. The lowest BCUT2D eigenvalue weighted by atomic mass is 10.2. The van der Waals surface area contributed by atoms with Crippen molar-refractivity contribution in [2.75, 3.05) is 25.4 Å². The van der Waals surface area contributed by atoms with Crippen molar-refractivity contribution in [2.24, 2.45) is 11.8 Å². The zero-order chi connectivity index (χ0) is 14.1. The molecule has 0 amide bonds. The van der Waals surface area contributed by atoms with E-state index >= 15 is 0 Å². The topological polar surface area (TPSA) is 6.48 Å². The molecule has 0 radical (unpaired) electrons. The van der Waals surface area contributed by atoms with Crippen LogP contribution < -0.4 is 0 Å². The molecule has 1 aliphatic rings. The monoisotopic (exact) mass is 286 g/mol. The van der Waals surface area contributed by atoms with Crippen molar-refractivity contribution in [3.05, 3.63) is 0 Å². The van der Waals surface area contributed by atoms with E-state index in [4.69, 9.17) is 0 Å². The molecule has 1 fully saturated rings. The van der Waals surface area contributed by atoms with Crippen LogP contribution in [0.15, 0.2) is 0 Å². The van der Waals surface area contributed by atoms with E-state index in [1.807, 2.05) is 0 Å². The third-order valence-corrected chi connectivity index (χ3v) is 11.1. The minimum Gasteiger partial charge on any atom is -0.324 e. The summed E-state index contributed by atoms with van der Waals surface area (Å²) in [5, 5.41) is 0. The quantitative estimate of drug-likeness (QED) is 0.731. The summed E-state index contributed by atoms with van der Waals surface area (Å²) >= 11 is 0. The molecule has 0 aliphatic carbocycles. The van der Waals surface area contributed by atoms with E-state index in [1.165, 1.54) is 25.4 Å². The standard InChI is InChI=1S/C14H34N2Si2/c1-13(2)9-15-11-18(7,8)16(10-14(3)4)12-17(15,5)6/h13-14H,9-12H2,1-8H3. The predicted octanol–water partition coefficient (Wildman–Crippen LogP) is 3.40. The fraction of sp³-hybridized carbons (Fsp3) is 1.00. The zero-order valence-corrected chi connectivity index (χ0v) is 15.9. The van der Waals surface area contributed by atoms with Crippen molar-refractivity contribution >= 4 is 16.5 Å². The number of hydrogen-bond acceptors (Lipinski definition) is 2. The lowest BCUT2D eigenvalue weighted by Gasteiger charge is -2.54. The molecule has 108 valence electrons. The van der Waals surface area contributed by atoms with E-state index in [0.717, 1.165) is 11.8 Å². The normalized spacial score (nSPS) is 25.0. The van der Waals surface area contributed by atoms with Gasteiger partial charge in [0.2, 0.25) is 0 Å². The lowest BCUT2D eigenvalue weighted by molar-refractivity contribution is 0.324. The van der Waals surface area contributed by atoms with Crippen molar-refractivity contribution in [3.63, 3.8) is 0 Å². The van der Waals surface area contributed by atoms with Crippen molar-refractivity contribution < 1.29 is 0 Å². The van der Waals surface area contributed by atoms with E-state index in [1.54, 1.807) is 0 Å². The summed E-state index contributed by atoms with van der Waals surface area (Å²) in [5.74, 6) is 1.61. The SMILES string of the molecule is CC(C)CN1C[Si](C)(C)N(CC(C)C)C[Si]1(C)C. The van der Waals surface area contributed by atoms with Crippen LogP contribution in [0, 0.1) is 11.8 Å². The number of nitrogens with zero attached hydrogens (tertiary/aromatic N) is 2. The third-order valence-electron chi connectivity index (χ3n) is 4.04. The van der Waals surface area contributed by atoms with Crippen LogP contribution in [-0.2, 0) is 0 Å². The fourth-order valence-corrected chi connectivity index (χ4v) is 13.1. The van der Waals surface area contributed by atoms with Gasteiger partial charge in [0.05, 0.1) is 0 Å². The van der Waals surface area contributed by atoms with Gasteiger partial charge in [-0.3, -0.25) is 0 Å². The third kappa shape index (κ3) is 4.18. The lowest BCUT2D eigenvalue weighted by Crippen LogP contribution is -2.73. The van der Waals surface area contributed by atoms with E-state index < -0.39 is 16.5 Å². The first kappa shape index (κ1) is 16.4. The largest absolute Gasteiger partial charge is 0.324 e. The van der Waals surface area contributed by atoms with Gasteiger partial charge in [-0.15, -0.1) is 0 Å². The summed E-state index contributed by atoms with van der Waals surface area (Å²) in [5.41, 5.74) is 0. The molecule has 0 N–H and O–H groups in total. The summed E-state index contributed by atoms with van der Waals surface area (Å²) in [6.07, 6.45) is 2.77. The summed E-state index contributed by atoms with van der Waals surface area (Å²) < 4.78 is 5.78. The minimum atomic E-state index is -1.21. The number of hydrogen-bond donors (Lipinski definition) is 0. The maximum atomic E-state index is 2.89. The first-order valence-corrected chi connectivity index (χ1v) is 13.9. The molecule has 18 heavy (non-hydrogen) atoms. The van der Waals surface area contributed by atoms with Gasteiger partial charge in [0.25, 0.3) is 0 Å². The Balaban J connectivity index is 2.81. The van der Waals surface area contributed by atoms with Gasteiger partial charge in [-0.25, -0.2) is 0 Å². The highest BCUT2D eigenvalue weighted by Gasteiger charge is 2.45. The second kappa shape index (κ2) is 5.77. The highest BCUT2D eigenvalue weighted by molar-refractivity contribution is 6.83. The first-order chi connectivity index (χ1) is 8.04. The average molecular weight is 287 g/mol. The Morgan fingerprint density at radius 2 is 1.00 bits per heavy atom. The molecule has 1 rings (SSSR count). The molecule has 0 atom stereocenters. The molecule has 2 nitrogen and oxygen atoms in total. The zero-order valence-electron chi connectivity index (χ0n) is 13.9.